The third kappa shape index (κ3) is 3.02. The van der Waals surface area contributed by atoms with Gasteiger partial charge in [0.15, 0.2) is 6.10 Å². The van der Waals surface area contributed by atoms with Crippen LogP contribution >= 0.6 is 0 Å². The fourth-order valence-electron chi connectivity index (χ4n) is 5.43. The van der Waals surface area contributed by atoms with Crippen LogP contribution in [0.3, 0.4) is 0 Å². The normalized spacial score (nSPS) is 37.6. The molecule has 0 aromatic heterocycles. The first-order valence-corrected chi connectivity index (χ1v) is 8.82. The highest BCUT2D eigenvalue weighted by Gasteiger charge is 2.61. The van der Waals surface area contributed by atoms with Crippen LogP contribution in [0.1, 0.15) is 51.9 Å². The van der Waals surface area contributed by atoms with Crippen molar-refractivity contribution in [2.75, 3.05) is 13.6 Å². The molecule has 0 radical (unpaired) electrons. The number of ether oxygens (including phenoxy) is 1. The third-order valence-electron chi connectivity index (χ3n) is 6.03. The number of amides is 1. The fraction of sp³-hybridized carbons (Fsp3) is 0.833. The van der Waals surface area contributed by atoms with E-state index in [0.29, 0.717) is 24.8 Å². The number of esters is 1. The maximum atomic E-state index is 12.8. The third-order valence-corrected chi connectivity index (χ3v) is 6.03. The number of nitrogens with zero attached hydrogens (tertiary/aromatic N) is 2. The summed E-state index contributed by atoms with van der Waals surface area (Å²) in [6, 6.07) is 2.00. The van der Waals surface area contributed by atoms with Gasteiger partial charge < -0.3 is 14.7 Å². The molecule has 1 N–H and O–H groups in total. The van der Waals surface area contributed by atoms with Crippen molar-refractivity contribution in [1.29, 1.82) is 5.26 Å². The van der Waals surface area contributed by atoms with Crippen molar-refractivity contribution in [3.8, 4) is 6.07 Å². The van der Waals surface area contributed by atoms with E-state index in [0.717, 1.165) is 32.1 Å². The zero-order valence-corrected chi connectivity index (χ0v) is 14.5. The minimum Gasteiger partial charge on any atom is -0.452 e. The van der Waals surface area contributed by atoms with Crippen LogP contribution in [-0.4, -0.2) is 47.2 Å². The SMILES string of the molecule is C[C@H](OC(=O)C12C[C@H]3C[C@@H](CC(O)(C3)C1)C2)C(=O)N(C)CCC#N. The van der Waals surface area contributed by atoms with Crippen LogP contribution < -0.4 is 0 Å². The largest absolute Gasteiger partial charge is 0.452 e. The maximum Gasteiger partial charge on any atom is 0.312 e. The molecular weight excluding hydrogens is 308 g/mol. The fourth-order valence-corrected chi connectivity index (χ4v) is 5.43. The number of hydrogen-bond acceptors (Lipinski definition) is 5. The molecule has 0 spiro atoms. The first-order chi connectivity index (χ1) is 11.3. The highest BCUT2D eigenvalue weighted by atomic mass is 16.5. The monoisotopic (exact) mass is 334 g/mol. The Morgan fingerprint density at radius 2 is 1.96 bits per heavy atom. The minimum atomic E-state index is -0.858. The molecule has 4 aliphatic rings. The lowest BCUT2D eigenvalue weighted by molar-refractivity contribution is -0.200. The number of rotatable bonds is 5. The zero-order chi connectivity index (χ0) is 17.5. The standard InChI is InChI=1S/C18H26N2O4/c1-12(15(21)20(2)5-3-4-19)24-16(22)17-7-13-6-14(8-17)10-18(23,9-13)11-17/h12-14,23H,3,5-11H2,1-2H3/t12-,13+,14+,17?,18?/m0/s1. The first-order valence-electron chi connectivity index (χ1n) is 8.82. The van der Waals surface area contributed by atoms with Crippen molar-refractivity contribution in [2.24, 2.45) is 17.3 Å². The Morgan fingerprint density at radius 1 is 1.33 bits per heavy atom. The number of carbonyl (C=O) groups is 2. The van der Waals surface area contributed by atoms with Crippen LogP contribution in [0.4, 0.5) is 0 Å². The molecule has 4 rings (SSSR count). The Morgan fingerprint density at radius 3 is 2.50 bits per heavy atom. The van der Waals surface area contributed by atoms with E-state index >= 15 is 0 Å². The van der Waals surface area contributed by atoms with Gasteiger partial charge in [-0.1, -0.05) is 0 Å². The van der Waals surface area contributed by atoms with Gasteiger partial charge in [-0.15, -0.1) is 0 Å². The van der Waals surface area contributed by atoms with Gasteiger partial charge in [-0.3, -0.25) is 9.59 Å². The van der Waals surface area contributed by atoms with Crippen molar-refractivity contribution in [1.82, 2.24) is 4.90 Å². The minimum absolute atomic E-state index is 0.253. The van der Waals surface area contributed by atoms with Gasteiger partial charge >= 0.3 is 5.97 Å². The maximum absolute atomic E-state index is 12.8. The molecule has 6 nitrogen and oxygen atoms in total. The predicted molar refractivity (Wildman–Crippen MR) is 85.5 cm³/mol. The van der Waals surface area contributed by atoms with Crippen molar-refractivity contribution in [3.05, 3.63) is 0 Å². The molecule has 0 aromatic rings. The second-order valence-corrected chi connectivity index (χ2v) is 8.18. The van der Waals surface area contributed by atoms with E-state index in [2.05, 4.69) is 0 Å². The average molecular weight is 334 g/mol. The zero-order valence-electron chi connectivity index (χ0n) is 14.5. The average Bonchev–Trinajstić information content (AvgIpc) is 2.49. The number of nitriles is 1. The summed E-state index contributed by atoms with van der Waals surface area (Å²) in [5.74, 6) is 0.174. The van der Waals surface area contributed by atoms with E-state index < -0.39 is 17.1 Å². The molecular formula is C18H26N2O4. The molecule has 0 aliphatic heterocycles. The highest BCUT2D eigenvalue weighted by Crippen LogP contribution is 2.62. The Bertz CT molecular complexity index is 568. The van der Waals surface area contributed by atoms with E-state index in [1.165, 1.54) is 4.90 Å². The van der Waals surface area contributed by atoms with Gasteiger partial charge in [-0.25, -0.2) is 0 Å². The number of hydrogen-bond donors (Lipinski definition) is 1. The molecule has 1 amide bonds. The quantitative estimate of drug-likeness (QED) is 0.772. The van der Waals surface area contributed by atoms with Gasteiger partial charge in [0.1, 0.15) is 0 Å². The van der Waals surface area contributed by atoms with Crippen molar-refractivity contribution < 1.29 is 19.4 Å². The smallest absolute Gasteiger partial charge is 0.312 e. The lowest BCUT2D eigenvalue weighted by Gasteiger charge is -2.58. The molecule has 4 saturated carbocycles. The molecule has 4 bridgehead atoms. The van der Waals surface area contributed by atoms with Gasteiger partial charge in [-0.2, -0.15) is 5.26 Å². The van der Waals surface area contributed by atoms with Crippen LogP contribution in [-0.2, 0) is 14.3 Å². The lowest BCUT2D eigenvalue weighted by atomic mass is 9.48. The lowest BCUT2D eigenvalue weighted by Crippen LogP contribution is -2.59. The Kier molecular flexibility index (Phi) is 4.33. The Labute approximate surface area is 142 Å². The van der Waals surface area contributed by atoms with Crippen LogP contribution in [0.25, 0.3) is 0 Å². The van der Waals surface area contributed by atoms with Gasteiger partial charge in [0, 0.05) is 13.6 Å². The topological polar surface area (TPSA) is 90.6 Å². The summed E-state index contributed by atoms with van der Waals surface area (Å²) in [6.07, 6.45) is 4.10. The van der Waals surface area contributed by atoms with Gasteiger partial charge in [0.05, 0.1) is 23.5 Å². The Hall–Kier alpha value is -1.61. The predicted octanol–water partition coefficient (Wildman–Crippen LogP) is 1.62. The first kappa shape index (κ1) is 17.2. The second-order valence-electron chi connectivity index (χ2n) is 8.18. The molecule has 0 aromatic carbocycles. The van der Waals surface area contributed by atoms with Gasteiger partial charge in [-0.05, 0) is 57.3 Å². The van der Waals surface area contributed by atoms with Crippen molar-refractivity contribution in [2.45, 2.75) is 63.6 Å². The Balaban J connectivity index is 1.65. The molecule has 3 atom stereocenters. The molecule has 0 saturated heterocycles. The number of carbonyl (C=O) groups excluding carboxylic acids is 2. The summed E-state index contributed by atoms with van der Waals surface area (Å²) in [6.45, 7) is 1.91. The number of likely N-dealkylation sites (N-methyl/N-ethyl adjacent to an activating group) is 1. The number of aliphatic hydroxyl groups is 1. The summed E-state index contributed by atoms with van der Waals surface area (Å²) in [4.78, 5) is 26.5. The molecule has 4 fully saturated rings. The van der Waals surface area contributed by atoms with Gasteiger partial charge in [0.25, 0.3) is 5.91 Å². The molecule has 132 valence electrons. The molecule has 0 heterocycles. The van der Waals surface area contributed by atoms with Crippen LogP contribution in [0.5, 0.6) is 0 Å². The van der Waals surface area contributed by atoms with E-state index in [9.17, 15) is 14.7 Å². The summed E-state index contributed by atoms with van der Waals surface area (Å²) in [5.41, 5.74) is -1.33. The van der Waals surface area contributed by atoms with Crippen LogP contribution in [0.2, 0.25) is 0 Å². The summed E-state index contributed by atoms with van der Waals surface area (Å²) in [5, 5.41) is 19.3. The van der Waals surface area contributed by atoms with Crippen LogP contribution in [0, 0.1) is 28.6 Å². The molecule has 6 heteroatoms. The summed E-state index contributed by atoms with van der Waals surface area (Å²) < 4.78 is 5.52. The van der Waals surface area contributed by atoms with Gasteiger partial charge in [0.2, 0.25) is 0 Å². The van der Waals surface area contributed by atoms with E-state index in [4.69, 9.17) is 10.00 Å². The molecule has 24 heavy (non-hydrogen) atoms. The molecule has 0 unspecified atom stereocenters. The van der Waals surface area contributed by atoms with Crippen molar-refractivity contribution >= 4 is 11.9 Å². The van der Waals surface area contributed by atoms with E-state index in [-0.39, 0.29) is 18.3 Å². The second kappa shape index (κ2) is 6.03. The summed E-state index contributed by atoms with van der Waals surface area (Å²) >= 11 is 0. The van der Waals surface area contributed by atoms with Crippen molar-refractivity contribution in [3.63, 3.8) is 0 Å². The molecule has 4 aliphatic carbocycles. The van der Waals surface area contributed by atoms with E-state index in [1.807, 2.05) is 6.07 Å². The highest BCUT2D eigenvalue weighted by molar-refractivity contribution is 5.85. The van der Waals surface area contributed by atoms with Crippen LogP contribution in [0.15, 0.2) is 0 Å². The van der Waals surface area contributed by atoms with E-state index in [1.54, 1.807) is 14.0 Å². The summed E-state index contributed by atoms with van der Waals surface area (Å²) in [7, 11) is 1.61.